The Hall–Kier alpha value is -1.55. The maximum Gasteiger partial charge on any atom is 0.134 e. The Kier molecular flexibility index (Phi) is 4.04. The quantitative estimate of drug-likeness (QED) is 0.529. The van der Waals surface area contributed by atoms with Gasteiger partial charge in [0.25, 0.3) is 0 Å². The third kappa shape index (κ3) is 2.66. The molecule has 0 spiro atoms. The van der Waals surface area contributed by atoms with Crippen molar-refractivity contribution >= 4 is 11.6 Å². The Morgan fingerprint density at radius 1 is 0.750 bits per heavy atom. The average molecular weight is 303 g/mol. The van der Waals surface area contributed by atoms with Crippen LogP contribution in [0.5, 0.6) is 0 Å². The van der Waals surface area contributed by atoms with Gasteiger partial charge in [-0.3, -0.25) is 0 Å². The van der Waals surface area contributed by atoms with E-state index in [1.807, 2.05) is 0 Å². The smallest absolute Gasteiger partial charge is 0.134 e. The molecule has 0 aliphatic carbocycles. The average Bonchev–Trinajstić information content (AvgIpc) is 2.25. The molecule has 2 aromatic rings. The highest BCUT2D eigenvalue weighted by Crippen LogP contribution is 2.36. The van der Waals surface area contributed by atoms with E-state index in [0.29, 0.717) is 28.8 Å². The van der Waals surface area contributed by atoms with E-state index >= 15 is 0 Å². The number of hydrogen-bond acceptors (Lipinski definition) is 0. The van der Waals surface area contributed by atoms with Crippen molar-refractivity contribution in [3.8, 4) is 0 Å². The van der Waals surface area contributed by atoms with E-state index in [0.717, 1.165) is 0 Å². The summed E-state index contributed by atoms with van der Waals surface area (Å²) in [6, 6.07) is 3.61. The number of aryl methyl sites for hydroxylation is 2. The Morgan fingerprint density at radius 3 is 1.60 bits per heavy atom. The van der Waals surface area contributed by atoms with Gasteiger partial charge in [0.2, 0.25) is 0 Å². The van der Waals surface area contributed by atoms with E-state index < -0.39 is 34.2 Å². The normalized spacial score (nSPS) is 12.6. The molecule has 0 saturated carbocycles. The molecule has 0 saturated heterocycles. The van der Waals surface area contributed by atoms with Crippen molar-refractivity contribution in [2.75, 3.05) is 0 Å². The van der Waals surface area contributed by atoms with Gasteiger partial charge in [0.15, 0.2) is 0 Å². The van der Waals surface area contributed by atoms with Crippen LogP contribution in [0.1, 0.15) is 27.6 Å². The van der Waals surface area contributed by atoms with Gasteiger partial charge in [-0.25, -0.2) is 17.6 Å². The van der Waals surface area contributed by atoms with E-state index in [4.69, 9.17) is 11.6 Å². The number of rotatable bonds is 2. The fraction of sp³-hybridized carbons (Fsp3) is 0.200. The van der Waals surface area contributed by atoms with Crippen LogP contribution in [0.4, 0.5) is 17.6 Å². The van der Waals surface area contributed by atoms with Gasteiger partial charge in [-0.2, -0.15) is 0 Å². The molecule has 2 aromatic carbocycles. The third-order valence-corrected chi connectivity index (χ3v) is 3.55. The molecule has 0 nitrogen and oxygen atoms in total. The minimum absolute atomic E-state index is 0.414. The molecule has 0 fully saturated rings. The maximum atomic E-state index is 13.8. The highest BCUT2D eigenvalue weighted by Gasteiger charge is 2.24. The minimum Gasteiger partial charge on any atom is -0.207 e. The molecule has 1 atom stereocenters. The Morgan fingerprint density at radius 2 is 1.15 bits per heavy atom. The standard InChI is InChI=1S/C15H11ClF4/c1-7-3-9(17)4-8(2)13(7)15(16)14-11(19)5-10(18)6-12(14)20/h3-6,15H,1-2H3. The van der Waals surface area contributed by atoms with E-state index in [-0.39, 0.29) is 0 Å². The molecule has 20 heavy (non-hydrogen) atoms. The summed E-state index contributed by atoms with van der Waals surface area (Å²) in [5, 5.41) is -1.16. The molecule has 0 radical (unpaired) electrons. The van der Waals surface area contributed by atoms with Crippen molar-refractivity contribution in [3.05, 3.63) is 69.8 Å². The summed E-state index contributed by atoms with van der Waals surface area (Å²) < 4.78 is 53.7. The second-order valence-corrected chi connectivity index (χ2v) is 5.04. The summed E-state index contributed by atoms with van der Waals surface area (Å²) in [5.74, 6) is -3.59. The zero-order chi connectivity index (χ0) is 15.0. The van der Waals surface area contributed by atoms with Crippen LogP contribution < -0.4 is 0 Å². The van der Waals surface area contributed by atoms with Crippen LogP contribution in [0.15, 0.2) is 24.3 Å². The molecule has 0 N–H and O–H groups in total. The van der Waals surface area contributed by atoms with Gasteiger partial charge >= 0.3 is 0 Å². The fourth-order valence-corrected chi connectivity index (χ4v) is 2.81. The van der Waals surface area contributed by atoms with Gasteiger partial charge < -0.3 is 0 Å². The van der Waals surface area contributed by atoms with E-state index in [9.17, 15) is 17.6 Å². The largest absolute Gasteiger partial charge is 0.207 e. The molecule has 0 aliphatic rings. The lowest BCUT2D eigenvalue weighted by Gasteiger charge is -2.17. The van der Waals surface area contributed by atoms with Crippen molar-refractivity contribution in [1.29, 1.82) is 0 Å². The molecule has 106 valence electrons. The van der Waals surface area contributed by atoms with E-state index in [2.05, 4.69) is 0 Å². The summed E-state index contributed by atoms with van der Waals surface area (Å²) in [7, 11) is 0. The first-order valence-electron chi connectivity index (χ1n) is 5.86. The third-order valence-electron chi connectivity index (χ3n) is 3.11. The second kappa shape index (κ2) is 5.44. The van der Waals surface area contributed by atoms with Crippen molar-refractivity contribution < 1.29 is 17.6 Å². The van der Waals surface area contributed by atoms with Gasteiger partial charge in [0, 0.05) is 17.7 Å². The minimum atomic E-state index is -1.16. The molecule has 5 heteroatoms. The van der Waals surface area contributed by atoms with E-state index in [1.165, 1.54) is 12.1 Å². The first-order chi connectivity index (χ1) is 9.31. The SMILES string of the molecule is Cc1cc(F)cc(C)c1C(Cl)c1c(F)cc(F)cc1F. The van der Waals surface area contributed by atoms with Crippen LogP contribution in [0.3, 0.4) is 0 Å². The first kappa shape index (κ1) is 14.9. The van der Waals surface area contributed by atoms with Gasteiger partial charge in [0.05, 0.1) is 5.38 Å². The monoisotopic (exact) mass is 302 g/mol. The lowest BCUT2D eigenvalue weighted by Crippen LogP contribution is -2.06. The van der Waals surface area contributed by atoms with Crippen LogP contribution >= 0.6 is 11.6 Å². The summed E-state index contributed by atoms with van der Waals surface area (Å²) in [6.45, 7) is 3.19. The molecular weight excluding hydrogens is 292 g/mol. The zero-order valence-electron chi connectivity index (χ0n) is 10.8. The lowest BCUT2D eigenvalue weighted by molar-refractivity contribution is 0.526. The molecule has 2 rings (SSSR count). The summed E-state index contributed by atoms with van der Waals surface area (Å²) in [6.07, 6.45) is 0. The van der Waals surface area contributed by atoms with Crippen molar-refractivity contribution in [1.82, 2.24) is 0 Å². The van der Waals surface area contributed by atoms with Crippen molar-refractivity contribution in [2.45, 2.75) is 19.2 Å². The van der Waals surface area contributed by atoms with Gasteiger partial charge in [-0.15, -0.1) is 11.6 Å². The van der Waals surface area contributed by atoms with Crippen LogP contribution in [0, 0.1) is 37.1 Å². The van der Waals surface area contributed by atoms with Crippen LogP contribution in [-0.2, 0) is 0 Å². The molecular formula is C15H11ClF4. The Labute approximate surface area is 119 Å². The molecule has 0 bridgehead atoms. The summed E-state index contributed by atoms with van der Waals surface area (Å²) >= 11 is 6.13. The van der Waals surface area contributed by atoms with Gasteiger partial charge in [0.1, 0.15) is 23.3 Å². The van der Waals surface area contributed by atoms with Crippen LogP contribution in [-0.4, -0.2) is 0 Å². The zero-order valence-corrected chi connectivity index (χ0v) is 11.5. The molecule has 1 unspecified atom stereocenters. The topological polar surface area (TPSA) is 0 Å². The van der Waals surface area contributed by atoms with Crippen molar-refractivity contribution in [2.24, 2.45) is 0 Å². The van der Waals surface area contributed by atoms with Crippen molar-refractivity contribution in [3.63, 3.8) is 0 Å². The molecule has 0 heterocycles. The van der Waals surface area contributed by atoms with Crippen LogP contribution in [0.2, 0.25) is 0 Å². The second-order valence-electron chi connectivity index (χ2n) is 4.60. The molecule has 0 amide bonds. The van der Waals surface area contributed by atoms with Gasteiger partial charge in [-0.05, 0) is 42.7 Å². The maximum absolute atomic E-state index is 13.8. The summed E-state index contributed by atoms with van der Waals surface area (Å²) in [5.41, 5.74) is 0.930. The first-order valence-corrected chi connectivity index (χ1v) is 6.30. The number of benzene rings is 2. The predicted octanol–water partition coefficient (Wildman–Crippen LogP) is 5.19. The fourth-order valence-electron chi connectivity index (χ4n) is 2.26. The molecule has 0 aromatic heterocycles. The highest BCUT2D eigenvalue weighted by molar-refractivity contribution is 6.22. The summed E-state index contributed by atoms with van der Waals surface area (Å²) in [4.78, 5) is 0. The number of alkyl halides is 1. The lowest BCUT2D eigenvalue weighted by atomic mass is 9.95. The van der Waals surface area contributed by atoms with Gasteiger partial charge in [-0.1, -0.05) is 0 Å². The highest BCUT2D eigenvalue weighted by atomic mass is 35.5. The Balaban J connectivity index is 2.61. The van der Waals surface area contributed by atoms with Crippen LogP contribution in [0.25, 0.3) is 0 Å². The number of halogens is 5. The number of hydrogen-bond donors (Lipinski definition) is 0. The Bertz CT molecular complexity index is 563. The molecule has 0 aliphatic heterocycles. The van der Waals surface area contributed by atoms with E-state index in [1.54, 1.807) is 13.8 Å². The predicted molar refractivity (Wildman–Crippen MR) is 69.9 cm³/mol.